The van der Waals surface area contributed by atoms with E-state index in [0.717, 1.165) is 5.56 Å². The Kier molecular flexibility index (Phi) is 8.05. The highest BCUT2D eigenvalue weighted by atomic mass is 16.5. The minimum absolute atomic E-state index is 0.0732. The van der Waals surface area contributed by atoms with Crippen molar-refractivity contribution in [2.45, 2.75) is 38.6 Å². The molecule has 0 bridgehead atoms. The first-order valence-electron chi connectivity index (χ1n) is 7.73. The number of hydrogen-bond donors (Lipinski definition) is 2. The summed E-state index contributed by atoms with van der Waals surface area (Å²) in [6, 6.07) is 7.09. The van der Waals surface area contributed by atoms with E-state index in [1.165, 1.54) is 11.6 Å². The fourth-order valence-corrected chi connectivity index (χ4v) is 2.04. The van der Waals surface area contributed by atoms with Gasteiger partial charge in [-0.3, -0.25) is 4.79 Å². The van der Waals surface area contributed by atoms with Gasteiger partial charge in [0.05, 0.1) is 13.2 Å². The number of rotatable bonds is 10. The zero-order valence-electron chi connectivity index (χ0n) is 13.7. The highest BCUT2D eigenvalue weighted by molar-refractivity contribution is 5.83. The Hall–Kier alpha value is -2.14. The van der Waals surface area contributed by atoms with Crippen LogP contribution >= 0.6 is 0 Å². The largest absolute Gasteiger partial charge is 0.480 e. The van der Waals surface area contributed by atoms with E-state index in [4.69, 9.17) is 9.84 Å². The molecule has 1 aromatic rings. The smallest absolute Gasteiger partial charge is 0.328 e. The highest BCUT2D eigenvalue weighted by Gasteiger charge is 2.19. The molecule has 5 nitrogen and oxygen atoms in total. The number of benzene rings is 1. The third-order valence-corrected chi connectivity index (χ3v) is 3.44. The topological polar surface area (TPSA) is 75.6 Å². The van der Waals surface area contributed by atoms with E-state index in [1.54, 1.807) is 0 Å². The van der Waals surface area contributed by atoms with Gasteiger partial charge in [-0.05, 0) is 23.5 Å². The highest BCUT2D eigenvalue weighted by Crippen LogP contribution is 2.15. The van der Waals surface area contributed by atoms with Gasteiger partial charge in [-0.25, -0.2) is 4.79 Å². The quantitative estimate of drug-likeness (QED) is 0.513. The Balaban J connectivity index is 2.45. The lowest BCUT2D eigenvalue weighted by Gasteiger charge is -2.14. The van der Waals surface area contributed by atoms with Crippen molar-refractivity contribution in [2.24, 2.45) is 0 Å². The van der Waals surface area contributed by atoms with Crippen molar-refractivity contribution < 1.29 is 19.4 Å². The molecule has 0 saturated carbocycles. The predicted molar refractivity (Wildman–Crippen MR) is 89.4 cm³/mol. The third-order valence-electron chi connectivity index (χ3n) is 3.44. The Morgan fingerprint density at radius 1 is 1.30 bits per heavy atom. The fraction of sp³-hybridized carbons (Fsp3) is 0.444. The van der Waals surface area contributed by atoms with E-state index >= 15 is 0 Å². The number of aryl methyl sites for hydroxylation is 1. The molecule has 2 N–H and O–H groups in total. The van der Waals surface area contributed by atoms with Gasteiger partial charge in [0.15, 0.2) is 6.04 Å². The second-order valence-corrected chi connectivity index (χ2v) is 5.68. The maximum Gasteiger partial charge on any atom is 0.328 e. The van der Waals surface area contributed by atoms with Crippen molar-refractivity contribution in [3.05, 3.63) is 48.0 Å². The normalized spacial score (nSPS) is 12.0. The molecule has 0 aliphatic carbocycles. The molecule has 0 aliphatic heterocycles. The molecule has 126 valence electrons. The zero-order chi connectivity index (χ0) is 17.2. The molecule has 0 aliphatic rings. The first-order chi connectivity index (χ1) is 10.9. The van der Waals surface area contributed by atoms with E-state index < -0.39 is 12.0 Å². The van der Waals surface area contributed by atoms with Gasteiger partial charge in [0, 0.05) is 6.42 Å². The minimum atomic E-state index is -1.11. The van der Waals surface area contributed by atoms with E-state index in [1.807, 2.05) is 12.1 Å². The number of carbonyl (C=O) groups excluding carboxylic acids is 1. The van der Waals surface area contributed by atoms with Crippen LogP contribution in [-0.4, -0.2) is 36.2 Å². The SMILES string of the molecule is C=CCOCC(NC(=O)CCc1ccc(C(C)C)cc1)C(=O)O. The zero-order valence-corrected chi connectivity index (χ0v) is 13.7. The average Bonchev–Trinajstić information content (AvgIpc) is 2.52. The molecule has 1 amide bonds. The van der Waals surface area contributed by atoms with Crippen molar-refractivity contribution in [1.29, 1.82) is 0 Å². The van der Waals surface area contributed by atoms with Crippen LogP contribution in [0.3, 0.4) is 0 Å². The molecular formula is C18H25NO4. The molecule has 0 aromatic heterocycles. The van der Waals surface area contributed by atoms with Crippen LogP contribution in [0.4, 0.5) is 0 Å². The molecule has 1 unspecified atom stereocenters. The molecule has 0 radical (unpaired) electrons. The molecule has 0 spiro atoms. The van der Waals surface area contributed by atoms with Gasteiger partial charge in [-0.2, -0.15) is 0 Å². The van der Waals surface area contributed by atoms with Gasteiger partial charge in [0.25, 0.3) is 0 Å². The van der Waals surface area contributed by atoms with Crippen molar-refractivity contribution in [1.82, 2.24) is 5.32 Å². The summed E-state index contributed by atoms with van der Waals surface area (Å²) in [5.74, 6) is -0.935. The van der Waals surface area contributed by atoms with Crippen LogP contribution in [0.25, 0.3) is 0 Å². The lowest BCUT2D eigenvalue weighted by Crippen LogP contribution is -2.44. The summed E-state index contributed by atoms with van der Waals surface area (Å²) in [4.78, 5) is 23.0. The standard InChI is InChI=1S/C18H25NO4/c1-4-11-23-12-16(18(21)22)19-17(20)10-7-14-5-8-15(9-6-14)13(2)3/h4-6,8-9,13,16H,1,7,10-12H2,2-3H3,(H,19,20)(H,21,22). The number of aliphatic carboxylic acids is 1. The monoisotopic (exact) mass is 319 g/mol. The van der Waals surface area contributed by atoms with Gasteiger partial charge in [-0.15, -0.1) is 6.58 Å². The van der Waals surface area contributed by atoms with Crippen molar-refractivity contribution in [3.63, 3.8) is 0 Å². The summed E-state index contributed by atoms with van der Waals surface area (Å²) in [6.07, 6.45) is 2.35. The first kappa shape index (κ1) is 18.9. The molecular weight excluding hydrogens is 294 g/mol. The van der Waals surface area contributed by atoms with Crippen LogP contribution in [0.5, 0.6) is 0 Å². The van der Waals surface area contributed by atoms with Gasteiger partial charge in [0.2, 0.25) is 5.91 Å². The fourth-order valence-electron chi connectivity index (χ4n) is 2.04. The average molecular weight is 319 g/mol. The predicted octanol–water partition coefficient (Wildman–Crippen LogP) is 2.51. The van der Waals surface area contributed by atoms with Crippen LogP contribution in [0.1, 0.15) is 37.3 Å². The second kappa shape index (κ2) is 9.79. The molecule has 0 saturated heterocycles. The summed E-state index contributed by atoms with van der Waals surface area (Å²) >= 11 is 0. The maximum atomic E-state index is 11.9. The van der Waals surface area contributed by atoms with Crippen molar-refractivity contribution in [3.8, 4) is 0 Å². The number of carboxylic acid groups (broad SMARTS) is 1. The molecule has 1 rings (SSSR count). The molecule has 5 heteroatoms. The van der Waals surface area contributed by atoms with Gasteiger partial charge in [-0.1, -0.05) is 44.2 Å². The van der Waals surface area contributed by atoms with E-state index in [-0.39, 0.29) is 25.5 Å². The summed E-state index contributed by atoms with van der Waals surface area (Å²) in [5.41, 5.74) is 2.31. The van der Waals surface area contributed by atoms with Crippen LogP contribution in [-0.2, 0) is 20.7 Å². The first-order valence-corrected chi connectivity index (χ1v) is 7.73. The lowest BCUT2D eigenvalue weighted by molar-refractivity contribution is -0.143. The van der Waals surface area contributed by atoms with E-state index in [0.29, 0.717) is 12.3 Å². The molecule has 1 atom stereocenters. The second-order valence-electron chi connectivity index (χ2n) is 5.68. The number of nitrogens with one attached hydrogen (secondary N) is 1. The van der Waals surface area contributed by atoms with Crippen molar-refractivity contribution in [2.75, 3.05) is 13.2 Å². The molecule has 0 fully saturated rings. The molecule has 23 heavy (non-hydrogen) atoms. The Morgan fingerprint density at radius 2 is 1.96 bits per heavy atom. The Bertz CT molecular complexity index is 522. The van der Waals surface area contributed by atoms with Gasteiger partial charge >= 0.3 is 5.97 Å². The van der Waals surface area contributed by atoms with E-state index in [9.17, 15) is 9.59 Å². The Labute approximate surface area is 137 Å². The van der Waals surface area contributed by atoms with Crippen molar-refractivity contribution >= 4 is 11.9 Å². The van der Waals surface area contributed by atoms with Crippen LogP contribution in [0, 0.1) is 0 Å². The van der Waals surface area contributed by atoms with Crippen LogP contribution in [0.2, 0.25) is 0 Å². The number of ether oxygens (including phenoxy) is 1. The van der Waals surface area contributed by atoms with E-state index in [2.05, 4.69) is 37.9 Å². The van der Waals surface area contributed by atoms with Gasteiger partial charge < -0.3 is 15.2 Å². The number of hydrogen-bond acceptors (Lipinski definition) is 3. The summed E-state index contributed by atoms with van der Waals surface area (Å²) < 4.78 is 5.09. The lowest BCUT2D eigenvalue weighted by atomic mass is 10.0. The number of amides is 1. The number of carboxylic acids is 1. The Morgan fingerprint density at radius 3 is 2.48 bits per heavy atom. The summed E-state index contributed by atoms with van der Waals surface area (Å²) in [7, 11) is 0. The summed E-state index contributed by atoms with van der Waals surface area (Å²) in [6.45, 7) is 7.92. The van der Waals surface area contributed by atoms with Crippen LogP contribution in [0.15, 0.2) is 36.9 Å². The summed E-state index contributed by atoms with van der Waals surface area (Å²) in [5, 5.41) is 11.5. The minimum Gasteiger partial charge on any atom is -0.480 e. The molecule has 1 aromatic carbocycles. The number of carbonyl (C=O) groups is 2. The van der Waals surface area contributed by atoms with Crippen LogP contribution < -0.4 is 5.32 Å². The molecule has 0 heterocycles. The van der Waals surface area contributed by atoms with Gasteiger partial charge in [0.1, 0.15) is 0 Å². The third kappa shape index (κ3) is 7.10. The maximum absolute atomic E-state index is 11.9.